The predicted octanol–water partition coefficient (Wildman–Crippen LogP) is 4.66. The van der Waals surface area contributed by atoms with E-state index >= 15 is 0 Å². The minimum Gasteiger partial charge on any atom is -0.391 e. The van der Waals surface area contributed by atoms with Crippen LogP contribution in [-0.4, -0.2) is 47.6 Å². The molecule has 3 atom stereocenters. The first-order valence-electron chi connectivity index (χ1n) is 13.5. The van der Waals surface area contributed by atoms with E-state index < -0.39 is 23.3 Å². The highest BCUT2D eigenvalue weighted by atomic mass is 35.5. The Morgan fingerprint density at radius 2 is 1.71 bits per heavy atom. The van der Waals surface area contributed by atoms with Crippen molar-refractivity contribution in [2.24, 2.45) is 17.1 Å². The smallest absolute Gasteiger partial charge is 0.249 e. The van der Waals surface area contributed by atoms with E-state index in [2.05, 4.69) is 5.32 Å². The second-order valence-corrected chi connectivity index (χ2v) is 10.5. The van der Waals surface area contributed by atoms with Crippen molar-refractivity contribution in [2.45, 2.75) is 52.2 Å². The van der Waals surface area contributed by atoms with E-state index in [1.165, 1.54) is 0 Å². The molecule has 1 aliphatic rings. The molecule has 0 spiro atoms. The van der Waals surface area contributed by atoms with Crippen molar-refractivity contribution in [1.29, 1.82) is 0 Å². The number of amides is 2. The number of hydrogen-bond donors (Lipinski definition) is 3. The molecule has 38 heavy (non-hydrogen) atoms. The van der Waals surface area contributed by atoms with Gasteiger partial charge in [-0.2, -0.15) is 0 Å². The number of nitrogens with zero attached hydrogens (tertiary/aromatic N) is 1. The summed E-state index contributed by atoms with van der Waals surface area (Å²) in [4.78, 5) is 28.5. The van der Waals surface area contributed by atoms with Gasteiger partial charge in [-0.3, -0.25) is 9.59 Å². The number of aliphatic hydroxyl groups excluding tert-OH is 1. The largest absolute Gasteiger partial charge is 0.391 e. The predicted molar refractivity (Wildman–Crippen MR) is 153 cm³/mol. The van der Waals surface area contributed by atoms with E-state index in [1.54, 1.807) is 18.2 Å². The topological polar surface area (TPSA) is 95.7 Å². The van der Waals surface area contributed by atoms with Crippen LogP contribution in [0, 0.1) is 11.3 Å². The fraction of sp³-hybridized carbons (Fsp3) is 0.419. The number of carbonyl (C=O) groups excluding carboxylic acids is 2. The number of nitrogens with one attached hydrogen (secondary N) is 1. The van der Waals surface area contributed by atoms with E-state index in [9.17, 15) is 14.7 Å². The number of nitrogens with two attached hydrogens (primary N) is 1. The van der Waals surface area contributed by atoms with Crippen LogP contribution in [0.3, 0.4) is 0 Å². The standard InChI is InChI=1S/C31H40ClN3O3/c1-3-17-35(18-4-2)29(37)25-11-8-16-31(20-25,30(33)38)27(19-23-9-6-5-7-10-23)28(36)22-34-21-24-12-14-26(32)15-13-24/h5-16,27-28,34,36H,3-4,17-22H2,1-2H3,(H2,33,38)/t27-,28+,31?/m1/s1. The van der Waals surface area contributed by atoms with E-state index in [1.807, 2.05) is 73.3 Å². The molecule has 0 radical (unpaired) electrons. The quantitative estimate of drug-likeness (QED) is 0.327. The maximum absolute atomic E-state index is 13.5. The number of rotatable bonds is 14. The zero-order valence-corrected chi connectivity index (χ0v) is 23.2. The Kier molecular flexibility index (Phi) is 11.1. The highest BCUT2D eigenvalue weighted by Gasteiger charge is 2.47. The average molecular weight is 538 g/mol. The number of allylic oxidation sites excluding steroid dienone is 2. The first-order valence-corrected chi connectivity index (χ1v) is 13.8. The van der Waals surface area contributed by atoms with Gasteiger partial charge in [0.05, 0.1) is 11.5 Å². The van der Waals surface area contributed by atoms with Crippen LogP contribution in [0.1, 0.15) is 44.2 Å². The van der Waals surface area contributed by atoms with Gasteiger partial charge in [-0.05, 0) is 48.9 Å². The number of hydrogen-bond acceptors (Lipinski definition) is 4. The molecule has 3 rings (SSSR count). The highest BCUT2D eigenvalue weighted by Crippen LogP contribution is 2.43. The molecule has 2 aromatic rings. The minimum atomic E-state index is -1.21. The molecule has 0 heterocycles. The maximum atomic E-state index is 13.5. The molecule has 0 saturated carbocycles. The Morgan fingerprint density at radius 1 is 1.05 bits per heavy atom. The van der Waals surface area contributed by atoms with E-state index in [0.29, 0.717) is 36.7 Å². The summed E-state index contributed by atoms with van der Waals surface area (Å²) in [6.45, 7) is 6.19. The lowest BCUT2D eigenvalue weighted by molar-refractivity contribution is -0.132. The van der Waals surface area contributed by atoms with Crippen molar-refractivity contribution in [3.63, 3.8) is 0 Å². The summed E-state index contributed by atoms with van der Waals surface area (Å²) in [5.74, 6) is -1.15. The Bertz CT molecular complexity index is 1110. The maximum Gasteiger partial charge on any atom is 0.249 e. The lowest BCUT2D eigenvalue weighted by Gasteiger charge is -2.41. The number of aliphatic hydroxyl groups is 1. The molecule has 0 saturated heterocycles. The first kappa shape index (κ1) is 29.6. The molecule has 0 fully saturated rings. The fourth-order valence-corrected chi connectivity index (χ4v) is 5.34. The monoisotopic (exact) mass is 537 g/mol. The third-order valence-corrected chi connectivity index (χ3v) is 7.45. The van der Waals surface area contributed by atoms with Crippen LogP contribution in [0.25, 0.3) is 0 Å². The summed E-state index contributed by atoms with van der Waals surface area (Å²) in [5.41, 5.74) is 7.46. The Hall–Kier alpha value is -2.93. The zero-order chi connectivity index (χ0) is 27.5. The number of benzene rings is 2. The van der Waals surface area contributed by atoms with Gasteiger partial charge in [-0.15, -0.1) is 0 Å². The minimum absolute atomic E-state index is 0.0718. The molecule has 0 aliphatic heterocycles. The van der Waals surface area contributed by atoms with Gasteiger partial charge in [0.1, 0.15) is 0 Å². The molecule has 7 heteroatoms. The molecule has 2 amide bonds. The molecule has 1 unspecified atom stereocenters. The summed E-state index contributed by atoms with van der Waals surface area (Å²) in [6, 6.07) is 17.3. The van der Waals surface area contributed by atoms with Crippen LogP contribution in [0.5, 0.6) is 0 Å². The van der Waals surface area contributed by atoms with E-state index in [4.69, 9.17) is 17.3 Å². The van der Waals surface area contributed by atoms with Crippen molar-refractivity contribution >= 4 is 23.4 Å². The van der Waals surface area contributed by atoms with Gasteiger partial charge in [-0.1, -0.05) is 86.1 Å². The molecule has 6 nitrogen and oxygen atoms in total. The summed E-state index contributed by atoms with van der Waals surface area (Å²) in [5, 5.41) is 15.5. The molecule has 0 aromatic heterocycles. The van der Waals surface area contributed by atoms with Crippen molar-refractivity contribution in [2.75, 3.05) is 19.6 Å². The second kappa shape index (κ2) is 14.3. The molecular weight excluding hydrogens is 498 g/mol. The second-order valence-electron chi connectivity index (χ2n) is 10.0. The molecule has 2 aromatic carbocycles. The van der Waals surface area contributed by atoms with Gasteiger partial charge in [0, 0.05) is 42.7 Å². The van der Waals surface area contributed by atoms with Gasteiger partial charge < -0.3 is 21.1 Å². The van der Waals surface area contributed by atoms with Crippen LogP contribution in [-0.2, 0) is 22.6 Å². The molecule has 4 N–H and O–H groups in total. The third kappa shape index (κ3) is 7.56. The Balaban J connectivity index is 1.87. The van der Waals surface area contributed by atoms with Gasteiger partial charge in [0.2, 0.25) is 11.8 Å². The van der Waals surface area contributed by atoms with Gasteiger partial charge in [0.15, 0.2) is 0 Å². The van der Waals surface area contributed by atoms with Crippen molar-refractivity contribution in [1.82, 2.24) is 10.2 Å². The molecule has 0 bridgehead atoms. The van der Waals surface area contributed by atoms with E-state index in [0.717, 1.165) is 24.0 Å². The van der Waals surface area contributed by atoms with Crippen molar-refractivity contribution in [3.8, 4) is 0 Å². The third-order valence-electron chi connectivity index (χ3n) is 7.20. The van der Waals surface area contributed by atoms with E-state index in [-0.39, 0.29) is 18.9 Å². The van der Waals surface area contributed by atoms with Crippen LogP contribution in [0.15, 0.2) is 78.4 Å². The lowest BCUT2D eigenvalue weighted by Crippen LogP contribution is -2.51. The molecular formula is C31H40ClN3O3. The lowest BCUT2D eigenvalue weighted by atomic mass is 9.64. The zero-order valence-electron chi connectivity index (χ0n) is 22.4. The van der Waals surface area contributed by atoms with Crippen molar-refractivity contribution < 1.29 is 14.7 Å². The van der Waals surface area contributed by atoms with Gasteiger partial charge in [-0.25, -0.2) is 0 Å². The summed E-state index contributed by atoms with van der Waals surface area (Å²) in [7, 11) is 0. The SMILES string of the molecule is CCCN(CCC)C(=O)C1=CC=CC(C(N)=O)([C@H](Cc2ccccc2)[C@@H](O)CNCc2ccc(Cl)cc2)C1. The molecule has 1 aliphatic carbocycles. The van der Waals surface area contributed by atoms with Crippen LogP contribution < -0.4 is 11.1 Å². The van der Waals surface area contributed by atoms with Crippen LogP contribution in [0.2, 0.25) is 5.02 Å². The highest BCUT2D eigenvalue weighted by molar-refractivity contribution is 6.30. The molecule has 204 valence electrons. The Morgan fingerprint density at radius 3 is 2.32 bits per heavy atom. The number of halogens is 1. The van der Waals surface area contributed by atoms with Gasteiger partial charge in [0.25, 0.3) is 0 Å². The van der Waals surface area contributed by atoms with Crippen LogP contribution >= 0.6 is 11.6 Å². The normalized spacial score (nSPS) is 18.5. The first-order chi connectivity index (χ1) is 18.3. The van der Waals surface area contributed by atoms with Gasteiger partial charge >= 0.3 is 0 Å². The van der Waals surface area contributed by atoms with Crippen LogP contribution in [0.4, 0.5) is 0 Å². The number of carbonyl (C=O) groups is 2. The fourth-order valence-electron chi connectivity index (χ4n) is 5.22. The average Bonchev–Trinajstić information content (AvgIpc) is 2.92. The Labute approximate surface area is 231 Å². The summed E-state index contributed by atoms with van der Waals surface area (Å²) >= 11 is 5.99. The van der Waals surface area contributed by atoms with Crippen molar-refractivity contribution in [3.05, 3.63) is 94.5 Å². The summed E-state index contributed by atoms with van der Waals surface area (Å²) in [6.07, 6.45) is 6.73. The summed E-state index contributed by atoms with van der Waals surface area (Å²) < 4.78 is 0. The number of primary amides is 1.